The quantitative estimate of drug-likeness (QED) is 0.725. The molecular formula is C14H21N3O2. The fourth-order valence-electron chi connectivity index (χ4n) is 1.62. The van der Waals surface area contributed by atoms with E-state index in [0.29, 0.717) is 19.6 Å². The van der Waals surface area contributed by atoms with Crippen LogP contribution in [-0.4, -0.2) is 47.3 Å². The van der Waals surface area contributed by atoms with Gasteiger partial charge >= 0.3 is 6.03 Å². The second kappa shape index (κ2) is 8.26. The number of rotatable bonds is 7. The first-order chi connectivity index (χ1) is 9.17. The average Bonchev–Trinajstić information content (AvgIpc) is 2.40. The van der Waals surface area contributed by atoms with Gasteiger partial charge in [-0.25, -0.2) is 4.79 Å². The average molecular weight is 263 g/mol. The van der Waals surface area contributed by atoms with E-state index in [0.717, 1.165) is 17.7 Å². The molecule has 0 radical (unpaired) electrons. The van der Waals surface area contributed by atoms with E-state index < -0.39 is 0 Å². The highest BCUT2D eigenvalue weighted by molar-refractivity contribution is 5.74. The number of aromatic nitrogens is 1. The van der Waals surface area contributed by atoms with Crippen LogP contribution < -0.4 is 5.32 Å². The lowest BCUT2D eigenvalue weighted by Crippen LogP contribution is -2.42. The molecule has 0 bridgehead atoms. The molecule has 0 aliphatic heterocycles. The standard InChI is InChI=1S/C14H21N3O2/c1-3-8-17(9-10-18)14(19)15-7-6-13-5-4-12(2)16-11-13/h3-5,11,18H,1,6-10H2,2H3,(H,15,19). The van der Waals surface area contributed by atoms with E-state index in [2.05, 4.69) is 16.9 Å². The maximum absolute atomic E-state index is 11.8. The van der Waals surface area contributed by atoms with Crippen molar-refractivity contribution in [3.8, 4) is 0 Å². The zero-order valence-corrected chi connectivity index (χ0v) is 11.3. The van der Waals surface area contributed by atoms with E-state index in [1.165, 1.54) is 4.90 Å². The molecule has 0 aliphatic rings. The number of nitrogens with one attached hydrogen (secondary N) is 1. The number of nitrogens with zero attached hydrogens (tertiary/aromatic N) is 2. The Morgan fingerprint density at radius 1 is 1.58 bits per heavy atom. The minimum absolute atomic E-state index is 0.0524. The van der Waals surface area contributed by atoms with E-state index in [9.17, 15) is 4.79 Å². The van der Waals surface area contributed by atoms with Crippen molar-refractivity contribution in [1.82, 2.24) is 15.2 Å². The van der Waals surface area contributed by atoms with Gasteiger partial charge in [0.2, 0.25) is 0 Å². The maximum Gasteiger partial charge on any atom is 0.317 e. The van der Waals surface area contributed by atoms with Crippen LogP contribution in [0.15, 0.2) is 31.0 Å². The first kappa shape index (κ1) is 15.2. The highest BCUT2D eigenvalue weighted by atomic mass is 16.3. The van der Waals surface area contributed by atoms with E-state index in [4.69, 9.17) is 5.11 Å². The summed E-state index contributed by atoms with van der Waals surface area (Å²) in [5, 5.41) is 11.7. The van der Waals surface area contributed by atoms with Crippen molar-refractivity contribution in [1.29, 1.82) is 0 Å². The smallest absolute Gasteiger partial charge is 0.317 e. The Hall–Kier alpha value is -1.88. The molecular weight excluding hydrogens is 242 g/mol. The number of hydrogen-bond acceptors (Lipinski definition) is 3. The van der Waals surface area contributed by atoms with Crippen molar-refractivity contribution in [3.05, 3.63) is 42.2 Å². The van der Waals surface area contributed by atoms with Gasteiger partial charge in [0.25, 0.3) is 0 Å². The van der Waals surface area contributed by atoms with Crippen LogP contribution >= 0.6 is 0 Å². The second-order valence-electron chi connectivity index (χ2n) is 4.25. The Balaban J connectivity index is 2.36. The molecule has 1 aromatic heterocycles. The van der Waals surface area contributed by atoms with Gasteiger partial charge in [-0.15, -0.1) is 6.58 Å². The predicted molar refractivity (Wildman–Crippen MR) is 74.9 cm³/mol. The van der Waals surface area contributed by atoms with Crippen LogP contribution in [0.3, 0.4) is 0 Å². The lowest BCUT2D eigenvalue weighted by Gasteiger charge is -2.20. The van der Waals surface area contributed by atoms with Crippen molar-refractivity contribution in [3.63, 3.8) is 0 Å². The van der Waals surface area contributed by atoms with Crippen molar-refractivity contribution in [2.45, 2.75) is 13.3 Å². The van der Waals surface area contributed by atoms with E-state index >= 15 is 0 Å². The number of aliphatic hydroxyl groups is 1. The first-order valence-corrected chi connectivity index (χ1v) is 6.33. The molecule has 19 heavy (non-hydrogen) atoms. The van der Waals surface area contributed by atoms with Crippen molar-refractivity contribution >= 4 is 6.03 Å². The van der Waals surface area contributed by atoms with Crippen LogP contribution in [-0.2, 0) is 6.42 Å². The molecule has 0 atom stereocenters. The third kappa shape index (κ3) is 5.52. The van der Waals surface area contributed by atoms with Crippen LogP contribution in [0.25, 0.3) is 0 Å². The third-order valence-electron chi connectivity index (χ3n) is 2.67. The van der Waals surface area contributed by atoms with Crippen molar-refractivity contribution in [2.24, 2.45) is 0 Å². The third-order valence-corrected chi connectivity index (χ3v) is 2.67. The lowest BCUT2D eigenvalue weighted by atomic mass is 10.2. The Labute approximate surface area is 114 Å². The van der Waals surface area contributed by atoms with Gasteiger partial charge in [-0.3, -0.25) is 4.98 Å². The Morgan fingerprint density at radius 3 is 2.95 bits per heavy atom. The topological polar surface area (TPSA) is 65.5 Å². The summed E-state index contributed by atoms with van der Waals surface area (Å²) in [4.78, 5) is 17.5. The zero-order chi connectivity index (χ0) is 14.1. The summed E-state index contributed by atoms with van der Waals surface area (Å²) in [5.74, 6) is 0. The molecule has 0 aliphatic carbocycles. The summed E-state index contributed by atoms with van der Waals surface area (Å²) in [6, 6.07) is 3.77. The van der Waals surface area contributed by atoms with Crippen LogP contribution in [0.4, 0.5) is 4.79 Å². The summed E-state index contributed by atoms with van der Waals surface area (Å²) in [5.41, 5.74) is 2.07. The summed E-state index contributed by atoms with van der Waals surface area (Å²) < 4.78 is 0. The number of carbonyl (C=O) groups is 1. The Kier molecular flexibility index (Phi) is 6.60. The summed E-state index contributed by atoms with van der Waals surface area (Å²) in [6.07, 6.45) is 4.19. The SMILES string of the molecule is C=CCN(CCO)C(=O)NCCc1ccc(C)nc1. The van der Waals surface area contributed by atoms with Gasteiger partial charge in [0.05, 0.1) is 6.61 Å². The monoisotopic (exact) mass is 263 g/mol. The largest absolute Gasteiger partial charge is 0.395 e. The second-order valence-corrected chi connectivity index (χ2v) is 4.25. The molecule has 2 N–H and O–H groups in total. The van der Waals surface area contributed by atoms with Gasteiger partial charge in [-0.2, -0.15) is 0 Å². The lowest BCUT2D eigenvalue weighted by molar-refractivity contribution is 0.184. The Bertz CT molecular complexity index is 404. The number of urea groups is 1. The molecule has 0 unspecified atom stereocenters. The van der Waals surface area contributed by atoms with Crippen LogP contribution in [0.5, 0.6) is 0 Å². The van der Waals surface area contributed by atoms with Crippen LogP contribution in [0.1, 0.15) is 11.3 Å². The molecule has 0 aromatic carbocycles. The first-order valence-electron chi connectivity index (χ1n) is 6.33. The molecule has 1 heterocycles. The molecule has 5 heteroatoms. The fourth-order valence-corrected chi connectivity index (χ4v) is 1.62. The molecule has 1 rings (SSSR count). The number of hydrogen-bond donors (Lipinski definition) is 2. The molecule has 0 spiro atoms. The highest BCUT2D eigenvalue weighted by Crippen LogP contribution is 1.99. The molecule has 0 saturated carbocycles. The van der Waals surface area contributed by atoms with Crippen molar-refractivity contribution < 1.29 is 9.90 Å². The normalized spacial score (nSPS) is 10.0. The fraction of sp³-hybridized carbons (Fsp3) is 0.429. The van der Waals surface area contributed by atoms with Gasteiger partial charge in [-0.05, 0) is 25.0 Å². The van der Waals surface area contributed by atoms with Gasteiger partial charge in [-0.1, -0.05) is 12.1 Å². The molecule has 1 aromatic rings. The van der Waals surface area contributed by atoms with Gasteiger partial charge in [0, 0.05) is 31.5 Å². The van der Waals surface area contributed by atoms with Gasteiger partial charge in [0.1, 0.15) is 0 Å². The number of aryl methyl sites for hydroxylation is 1. The molecule has 0 fully saturated rings. The zero-order valence-electron chi connectivity index (χ0n) is 11.3. The number of carbonyl (C=O) groups excluding carboxylic acids is 1. The van der Waals surface area contributed by atoms with E-state index in [1.807, 2.05) is 25.3 Å². The van der Waals surface area contributed by atoms with Gasteiger partial charge < -0.3 is 15.3 Å². The van der Waals surface area contributed by atoms with Gasteiger partial charge in [0.15, 0.2) is 0 Å². The van der Waals surface area contributed by atoms with E-state index in [1.54, 1.807) is 6.08 Å². The predicted octanol–water partition coefficient (Wildman–Crippen LogP) is 1.12. The Morgan fingerprint density at radius 2 is 2.37 bits per heavy atom. The van der Waals surface area contributed by atoms with Crippen LogP contribution in [0, 0.1) is 6.92 Å². The molecule has 2 amide bonds. The number of pyridine rings is 1. The molecule has 5 nitrogen and oxygen atoms in total. The minimum Gasteiger partial charge on any atom is -0.395 e. The van der Waals surface area contributed by atoms with E-state index in [-0.39, 0.29) is 12.6 Å². The number of amides is 2. The minimum atomic E-state index is -0.186. The molecule has 104 valence electrons. The summed E-state index contributed by atoms with van der Waals surface area (Å²) >= 11 is 0. The summed E-state index contributed by atoms with van der Waals surface area (Å²) in [7, 11) is 0. The van der Waals surface area contributed by atoms with Crippen LogP contribution in [0.2, 0.25) is 0 Å². The molecule has 0 saturated heterocycles. The summed E-state index contributed by atoms with van der Waals surface area (Å²) in [6.45, 7) is 6.76. The number of aliphatic hydroxyl groups excluding tert-OH is 1. The highest BCUT2D eigenvalue weighted by Gasteiger charge is 2.10. The maximum atomic E-state index is 11.8. The van der Waals surface area contributed by atoms with Crippen molar-refractivity contribution in [2.75, 3.05) is 26.2 Å².